The Bertz CT molecular complexity index is 667. The van der Waals surface area contributed by atoms with Gasteiger partial charge in [-0.2, -0.15) is 10.1 Å². The van der Waals surface area contributed by atoms with Gasteiger partial charge < -0.3 is 4.74 Å². The average molecular weight is 308 g/mol. The van der Waals surface area contributed by atoms with Crippen LogP contribution in [0.3, 0.4) is 0 Å². The summed E-state index contributed by atoms with van der Waals surface area (Å²) in [6, 6.07) is 3.73. The van der Waals surface area contributed by atoms with Crippen molar-refractivity contribution in [2.45, 2.75) is 11.3 Å². The number of rotatable bonds is 4. The number of H-pyrrole nitrogens is 1. The fourth-order valence-electron chi connectivity index (χ4n) is 1.26. The van der Waals surface area contributed by atoms with E-state index < -0.39 is 22.1 Å². The zero-order valence-electron chi connectivity index (χ0n) is 9.55. The minimum Gasteiger partial charge on any atom is -0.406 e. The third-order valence-corrected chi connectivity index (χ3v) is 3.37. The van der Waals surface area contributed by atoms with E-state index in [0.29, 0.717) is 0 Å². The van der Waals surface area contributed by atoms with Crippen molar-refractivity contribution in [3.8, 4) is 5.75 Å². The Morgan fingerprint density at radius 3 is 2.35 bits per heavy atom. The van der Waals surface area contributed by atoms with Gasteiger partial charge in [-0.05, 0) is 24.3 Å². The molecule has 2 aromatic rings. The summed E-state index contributed by atoms with van der Waals surface area (Å²) in [5, 5.41) is 5.73. The molecule has 2 N–H and O–H groups in total. The lowest BCUT2D eigenvalue weighted by atomic mass is 10.3. The van der Waals surface area contributed by atoms with Crippen LogP contribution in [0, 0.1) is 0 Å². The summed E-state index contributed by atoms with van der Waals surface area (Å²) in [5.74, 6) is -0.628. The molecule has 2 rings (SSSR count). The standard InChI is InChI=1S/C9H7F3N4O3S/c10-9(11,12)19-6-1-3-7(4-2-6)20(17,18)16-8-13-5-14-15-8/h1-5H,(H2,13,14,15,16). The quantitative estimate of drug-likeness (QED) is 0.892. The number of alkyl halides is 3. The van der Waals surface area contributed by atoms with E-state index in [4.69, 9.17) is 0 Å². The molecule has 0 spiro atoms. The molecule has 0 atom stereocenters. The van der Waals surface area contributed by atoms with E-state index in [9.17, 15) is 21.6 Å². The van der Waals surface area contributed by atoms with Gasteiger partial charge in [-0.25, -0.2) is 18.2 Å². The van der Waals surface area contributed by atoms with Crippen LogP contribution in [0.2, 0.25) is 0 Å². The summed E-state index contributed by atoms with van der Waals surface area (Å²) in [6.45, 7) is 0. The minimum atomic E-state index is -4.83. The molecule has 108 valence electrons. The number of aromatic amines is 1. The molecule has 0 aliphatic heterocycles. The van der Waals surface area contributed by atoms with Crippen LogP contribution in [0.4, 0.5) is 19.1 Å². The molecule has 0 unspecified atom stereocenters. The largest absolute Gasteiger partial charge is 0.573 e. The lowest BCUT2D eigenvalue weighted by Gasteiger charge is -2.09. The predicted molar refractivity (Wildman–Crippen MR) is 60.3 cm³/mol. The highest BCUT2D eigenvalue weighted by Gasteiger charge is 2.31. The highest BCUT2D eigenvalue weighted by Crippen LogP contribution is 2.24. The molecule has 0 aliphatic carbocycles. The first kappa shape index (κ1) is 14.1. The van der Waals surface area contributed by atoms with Crippen molar-refractivity contribution in [1.82, 2.24) is 15.2 Å². The molecule has 0 bridgehead atoms. The van der Waals surface area contributed by atoms with Crippen molar-refractivity contribution < 1.29 is 26.3 Å². The minimum absolute atomic E-state index is 0.111. The first-order valence-corrected chi connectivity index (χ1v) is 6.48. The highest BCUT2D eigenvalue weighted by molar-refractivity contribution is 7.92. The van der Waals surface area contributed by atoms with Crippen molar-refractivity contribution in [2.75, 3.05) is 4.72 Å². The number of ether oxygens (including phenoxy) is 1. The summed E-state index contributed by atoms with van der Waals surface area (Å²) in [6.07, 6.45) is -3.74. The van der Waals surface area contributed by atoms with E-state index in [0.717, 1.165) is 30.6 Å². The first-order chi connectivity index (χ1) is 9.26. The smallest absolute Gasteiger partial charge is 0.406 e. The van der Waals surface area contributed by atoms with Gasteiger partial charge in [0.25, 0.3) is 10.0 Å². The monoisotopic (exact) mass is 308 g/mol. The van der Waals surface area contributed by atoms with Crippen LogP contribution in [0.5, 0.6) is 5.75 Å². The van der Waals surface area contributed by atoms with Crippen LogP contribution < -0.4 is 9.46 Å². The molecule has 0 radical (unpaired) electrons. The number of sulfonamides is 1. The van der Waals surface area contributed by atoms with Crippen molar-refractivity contribution >= 4 is 16.0 Å². The summed E-state index contributed by atoms with van der Waals surface area (Å²) >= 11 is 0. The second-order valence-corrected chi connectivity index (χ2v) is 5.14. The molecule has 0 amide bonds. The molecule has 7 nitrogen and oxygen atoms in total. The number of hydrogen-bond donors (Lipinski definition) is 2. The second kappa shape index (κ2) is 5.00. The van der Waals surface area contributed by atoms with Gasteiger partial charge in [0.15, 0.2) is 0 Å². The summed E-state index contributed by atoms with van der Waals surface area (Å²) < 4.78 is 65.2. The number of aromatic nitrogens is 3. The maximum atomic E-state index is 12.0. The molecular weight excluding hydrogens is 301 g/mol. The maximum Gasteiger partial charge on any atom is 0.573 e. The number of nitrogens with zero attached hydrogens (tertiary/aromatic N) is 2. The number of nitrogens with one attached hydrogen (secondary N) is 2. The van der Waals surface area contributed by atoms with E-state index >= 15 is 0 Å². The first-order valence-electron chi connectivity index (χ1n) is 5.00. The van der Waals surface area contributed by atoms with Gasteiger partial charge in [-0.1, -0.05) is 0 Å². The molecule has 0 aliphatic rings. The maximum absolute atomic E-state index is 12.0. The Labute approximate surface area is 110 Å². The van der Waals surface area contributed by atoms with E-state index in [1.165, 1.54) is 0 Å². The van der Waals surface area contributed by atoms with Gasteiger partial charge in [0, 0.05) is 0 Å². The number of benzene rings is 1. The molecule has 20 heavy (non-hydrogen) atoms. The van der Waals surface area contributed by atoms with Crippen LogP contribution in [-0.4, -0.2) is 30.0 Å². The molecule has 1 aromatic heterocycles. The average Bonchev–Trinajstić information content (AvgIpc) is 2.79. The molecule has 0 saturated heterocycles. The van der Waals surface area contributed by atoms with Crippen molar-refractivity contribution in [2.24, 2.45) is 0 Å². The summed E-state index contributed by atoms with van der Waals surface area (Å²) in [7, 11) is -3.96. The van der Waals surface area contributed by atoms with Crippen molar-refractivity contribution in [1.29, 1.82) is 0 Å². The molecule has 11 heteroatoms. The number of halogens is 3. The Balaban J connectivity index is 2.17. The molecule has 1 aromatic carbocycles. The van der Waals surface area contributed by atoms with Crippen LogP contribution >= 0.6 is 0 Å². The number of anilines is 1. The zero-order chi connectivity index (χ0) is 14.8. The van der Waals surface area contributed by atoms with Crippen LogP contribution in [0.15, 0.2) is 35.5 Å². The molecular formula is C9H7F3N4O3S. The number of hydrogen-bond acceptors (Lipinski definition) is 5. The zero-order valence-corrected chi connectivity index (χ0v) is 10.4. The van der Waals surface area contributed by atoms with Gasteiger partial charge in [0.1, 0.15) is 12.1 Å². The van der Waals surface area contributed by atoms with E-state index in [1.807, 2.05) is 0 Å². The SMILES string of the molecule is O=S(=O)(Nc1ncn[nH]1)c1ccc(OC(F)(F)F)cc1. The van der Waals surface area contributed by atoms with Gasteiger partial charge >= 0.3 is 6.36 Å². The van der Waals surface area contributed by atoms with E-state index in [2.05, 4.69) is 24.6 Å². The Morgan fingerprint density at radius 1 is 1.20 bits per heavy atom. The van der Waals surface area contributed by atoms with Crippen LogP contribution in [0.1, 0.15) is 0 Å². The Hall–Kier alpha value is -2.30. The summed E-state index contributed by atoms with van der Waals surface area (Å²) in [5.41, 5.74) is 0. The van der Waals surface area contributed by atoms with Gasteiger partial charge in [0.05, 0.1) is 4.90 Å². The lowest BCUT2D eigenvalue weighted by molar-refractivity contribution is -0.274. The van der Waals surface area contributed by atoms with Gasteiger partial charge in [-0.15, -0.1) is 13.2 Å². The highest BCUT2D eigenvalue weighted by atomic mass is 32.2. The third kappa shape index (κ3) is 3.60. The van der Waals surface area contributed by atoms with E-state index in [-0.39, 0.29) is 10.8 Å². The molecule has 1 heterocycles. The van der Waals surface area contributed by atoms with Gasteiger partial charge in [-0.3, -0.25) is 0 Å². The Morgan fingerprint density at radius 2 is 1.85 bits per heavy atom. The fraction of sp³-hybridized carbons (Fsp3) is 0.111. The van der Waals surface area contributed by atoms with Crippen LogP contribution in [-0.2, 0) is 10.0 Å². The third-order valence-electron chi connectivity index (χ3n) is 2.01. The normalized spacial score (nSPS) is 12.2. The molecule has 0 fully saturated rings. The van der Waals surface area contributed by atoms with Crippen molar-refractivity contribution in [3.63, 3.8) is 0 Å². The van der Waals surface area contributed by atoms with Gasteiger partial charge in [0.2, 0.25) is 5.95 Å². The van der Waals surface area contributed by atoms with Crippen LogP contribution in [0.25, 0.3) is 0 Å². The second-order valence-electron chi connectivity index (χ2n) is 3.46. The fourth-order valence-corrected chi connectivity index (χ4v) is 2.23. The topological polar surface area (TPSA) is 97.0 Å². The summed E-state index contributed by atoms with van der Waals surface area (Å²) in [4.78, 5) is 3.32. The predicted octanol–water partition coefficient (Wildman–Crippen LogP) is 1.50. The lowest BCUT2D eigenvalue weighted by Crippen LogP contribution is -2.17. The Kier molecular flexibility index (Phi) is 3.53. The van der Waals surface area contributed by atoms with Crippen molar-refractivity contribution in [3.05, 3.63) is 30.6 Å². The molecule has 0 saturated carbocycles. The van der Waals surface area contributed by atoms with E-state index in [1.54, 1.807) is 0 Å².